The molecule has 1 N–H and O–H groups in total. The van der Waals surface area contributed by atoms with Crippen molar-refractivity contribution in [3.8, 4) is 0 Å². The van der Waals surface area contributed by atoms with Gasteiger partial charge in [-0.2, -0.15) is 5.10 Å². The molecule has 1 atom stereocenters. The number of aromatic nitrogens is 2. The van der Waals surface area contributed by atoms with Gasteiger partial charge in [-0.25, -0.2) is 0 Å². The van der Waals surface area contributed by atoms with Crippen LogP contribution < -0.4 is 4.90 Å². The Morgan fingerprint density at radius 1 is 1.35 bits per heavy atom. The van der Waals surface area contributed by atoms with E-state index >= 15 is 0 Å². The van der Waals surface area contributed by atoms with Gasteiger partial charge in [-0.3, -0.25) is 4.90 Å². The molecule has 2 fully saturated rings. The van der Waals surface area contributed by atoms with Crippen LogP contribution in [-0.2, 0) is 10.2 Å². The van der Waals surface area contributed by atoms with E-state index in [4.69, 9.17) is 4.74 Å². The largest absolute Gasteiger partial charge is 0.386 e. The fourth-order valence-electron chi connectivity index (χ4n) is 3.13. The van der Waals surface area contributed by atoms with Crippen molar-refractivity contribution in [2.24, 2.45) is 0 Å². The maximum absolute atomic E-state index is 10.4. The first-order valence-electron chi connectivity index (χ1n) is 8.36. The first-order valence-corrected chi connectivity index (χ1v) is 8.36. The molecule has 0 spiro atoms. The number of rotatable bonds is 4. The Morgan fingerprint density at radius 2 is 2.09 bits per heavy atom. The van der Waals surface area contributed by atoms with Crippen LogP contribution in [0.4, 0.5) is 5.82 Å². The number of hydrogen-bond acceptors (Lipinski definition) is 6. The summed E-state index contributed by atoms with van der Waals surface area (Å²) in [6, 6.07) is 4.57. The van der Waals surface area contributed by atoms with Crippen LogP contribution in [0.2, 0.25) is 0 Å². The molecule has 6 heteroatoms. The maximum atomic E-state index is 10.4. The number of likely N-dealkylation sites (N-methyl/N-ethyl adjacent to an activating group) is 1. The lowest BCUT2D eigenvalue weighted by Gasteiger charge is -2.46. The van der Waals surface area contributed by atoms with E-state index in [0.717, 1.165) is 31.0 Å². The molecule has 2 saturated heterocycles. The topological polar surface area (TPSA) is 61.7 Å². The highest BCUT2D eigenvalue weighted by atomic mass is 16.5. The summed E-state index contributed by atoms with van der Waals surface area (Å²) < 4.78 is 5.32. The van der Waals surface area contributed by atoms with Gasteiger partial charge in [-0.05, 0) is 19.2 Å². The number of nitrogens with zero attached hydrogens (tertiary/aromatic N) is 4. The van der Waals surface area contributed by atoms with Crippen LogP contribution in [0, 0.1) is 0 Å². The van der Waals surface area contributed by atoms with Gasteiger partial charge in [0.25, 0.3) is 0 Å². The van der Waals surface area contributed by atoms with E-state index in [9.17, 15) is 5.11 Å². The van der Waals surface area contributed by atoms with Gasteiger partial charge in [0.1, 0.15) is 5.60 Å². The molecule has 1 aromatic rings. The van der Waals surface area contributed by atoms with Crippen molar-refractivity contribution in [2.45, 2.75) is 44.2 Å². The van der Waals surface area contributed by atoms with Crippen LogP contribution in [0.1, 0.15) is 32.9 Å². The lowest BCUT2D eigenvalue weighted by Crippen LogP contribution is -2.61. The Balaban J connectivity index is 1.52. The highest BCUT2D eigenvalue weighted by molar-refractivity contribution is 5.42. The summed E-state index contributed by atoms with van der Waals surface area (Å²) in [5.74, 6) is 0.936. The van der Waals surface area contributed by atoms with Crippen molar-refractivity contribution in [1.82, 2.24) is 15.1 Å². The zero-order valence-corrected chi connectivity index (χ0v) is 14.6. The van der Waals surface area contributed by atoms with Gasteiger partial charge in [0.05, 0.1) is 12.3 Å². The maximum Gasteiger partial charge on any atom is 0.151 e. The number of aliphatic hydroxyl groups is 1. The molecular formula is C17H28N4O2. The van der Waals surface area contributed by atoms with Crippen LogP contribution in [0.5, 0.6) is 0 Å². The summed E-state index contributed by atoms with van der Waals surface area (Å²) in [5.41, 5.74) is 0.365. The van der Waals surface area contributed by atoms with E-state index in [1.54, 1.807) is 0 Å². The zero-order valence-electron chi connectivity index (χ0n) is 14.6. The van der Waals surface area contributed by atoms with E-state index < -0.39 is 5.60 Å². The quantitative estimate of drug-likeness (QED) is 0.895. The number of ether oxygens (including phenoxy) is 1. The van der Waals surface area contributed by atoms with Gasteiger partial charge in [0.15, 0.2) is 5.82 Å². The highest BCUT2D eigenvalue weighted by Gasteiger charge is 2.38. The molecule has 2 aliphatic rings. The minimum Gasteiger partial charge on any atom is -0.386 e. The molecule has 0 aromatic carbocycles. The Hall–Kier alpha value is -1.24. The highest BCUT2D eigenvalue weighted by Crippen LogP contribution is 2.26. The van der Waals surface area contributed by atoms with Crippen molar-refractivity contribution in [2.75, 3.05) is 44.8 Å². The summed E-state index contributed by atoms with van der Waals surface area (Å²) >= 11 is 0. The van der Waals surface area contributed by atoms with Crippen LogP contribution in [0.25, 0.3) is 0 Å². The minimum absolute atomic E-state index is 0.0298. The van der Waals surface area contributed by atoms with Crippen molar-refractivity contribution in [1.29, 1.82) is 0 Å². The summed E-state index contributed by atoms with van der Waals surface area (Å²) in [7, 11) is 2.08. The van der Waals surface area contributed by atoms with Crippen molar-refractivity contribution in [3.63, 3.8) is 0 Å². The predicted molar refractivity (Wildman–Crippen MR) is 89.7 cm³/mol. The van der Waals surface area contributed by atoms with Gasteiger partial charge in [-0.15, -0.1) is 5.10 Å². The molecule has 6 nitrogen and oxygen atoms in total. The van der Waals surface area contributed by atoms with Crippen molar-refractivity contribution >= 4 is 5.82 Å². The molecule has 0 radical (unpaired) electrons. The third-order valence-electron chi connectivity index (χ3n) is 4.85. The van der Waals surface area contributed by atoms with Gasteiger partial charge in [0.2, 0.25) is 0 Å². The second-order valence-electron chi connectivity index (χ2n) is 8.03. The molecule has 0 bridgehead atoms. The molecule has 128 valence electrons. The van der Waals surface area contributed by atoms with Gasteiger partial charge in [0, 0.05) is 44.1 Å². The fraction of sp³-hybridized carbons (Fsp3) is 0.765. The van der Waals surface area contributed by atoms with Crippen molar-refractivity contribution in [3.05, 3.63) is 17.8 Å². The summed E-state index contributed by atoms with van der Waals surface area (Å²) in [4.78, 5) is 4.47. The molecule has 3 rings (SSSR count). The molecule has 2 aliphatic heterocycles. The standard InChI is InChI=1S/C17H28N4O2/c1-16(2,3)14-5-6-15(19-18-14)21-9-13(10-21)20(4)11-17(22)7-8-23-12-17/h5-6,13,22H,7-12H2,1-4H3. The smallest absolute Gasteiger partial charge is 0.151 e. The average molecular weight is 320 g/mol. The second kappa shape index (κ2) is 6.00. The zero-order chi connectivity index (χ0) is 16.7. The lowest BCUT2D eigenvalue weighted by molar-refractivity contribution is -0.0106. The van der Waals surface area contributed by atoms with Crippen LogP contribution in [-0.4, -0.2) is 71.7 Å². The first-order chi connectivity index (χ1) is 10.8. The monoisotopic (exact) mass is 320 g/mol. The van der Waals surface area contributed by atoms with Gasteiger partial charge in [-0.1, -0.05) is 20.8 Å². The lowest BCUT2D eigenvalue weighted by atomic mass is 9.92. The molecular weight excluding hydrogens is 292 g/mol. The Bertz CT molecular complexity index is 529. The van der Waals surface area contributed by atoms with E-state index in [-0.39, 0.29) is 5.41 Å². The third kappa shape index (κ3) is 3.65. The molecule has 0 amide bonds. The molecule has 3 heterocycles. The van der Waals surface area contributed by atoms with Crippen LogP contribution >= 0.6 is 0 Å². The average Bonchev–Trinajstić information content (AvgIpc) is 2.83. The SMILES string of the molecule is CN(CC1(O)CCOC1)C1CN(c2ccc(C(C)(C)C)nn2)C1. The van der Waals surface area contributed by atoms with E-state index in [1.165, 1.54) is 0 Å². The van der Waals surface area contributed by atoms with Gasteiger partial charge < -0.3 is 14.7 Å². The van der Waals surface area contributed by atoms with Crippen LogP contribution in [0.15, 0.2) is 12.1 Å². The Kier molecular flexibility index (Phi) is 4.33. The van der Waals surface area contributed by atoms with E-state index in [1.807, 2.05) is 0 Å². The third-order valence-corrected chi connectivity index (χ3v) is 4.85. The Labute approximate surface area is 138 Å². The summed E-state index contributed by atoms with van der Waals surface area (Å²) in [5, 5.41) is 19.1. The normalized spacial score (nSPS) is 25.9. The van der Waals surface area contributed by atoms with Crippen LogP contribution in [0.3, 0.4) is 0 Å². The summed E-state index contributed by atoms with van der Waals surface area (Å²) in [6.07, 6.45) is 0.730. The Morgan fingerprint density at radius 3 is 2.61 bits per heavy atom. The second-order valence-corrected chi connectivity index (χ2v) is 8.03. The molecule has 23 heavy (non-hydrogen) atoms. The number of hydrogen-bond donors (Lipinski definition) is 1. The molecule has 1 aromatic heterocycles. The molecule has 0 aliphatic carbocycles. The van der Waals surface area contributed by atoms with E-state index in [2.05, 4.69) is 59.9 Å². The fourth-order valence-corrected chi connectivity index (χ4v) is 3.13. The van der Waals surface area contributed by atoms with Gasteiger partial charge >= 0.3 is 0 Å². The number of anilines is 1. The minimum atomic E-state index is -0.677. The first kappa shape index (κ1) is 16.6. The molecule has 1 unspecified atom stereocenters. The van der Waals surface area contributed by atoms with E-state index in [0.29, 0.717) is 25.8 Å². The summed E-state index contributed by atoms with van der Waals surface area (Å²) in [6.45, 7) is 10.1. The predicted octanol–water partition coefficient (Wildman–Crippen LogP) is 1.05. The molecule has 0 saturated carbocycles. The van der Waals surface area contributed by atoms with Crippen molar-refractivity contribution < 1.29 is 9.84 Å².